The molecule has 2 bridgehead atoms. The van der Waals surface area contributed by atoms with Crippen molar-refractivity contribution in [1.82, 2.24) is 9.80 Å². The minimum atomic E-state index is -2.65. The molecule has 39 heavy (non-hydrogen) atoms. The number of rotatable bonds is 4. The zero-order valence-corrected chi connectivity index (χ0v) is 22.5. The van der Waals surface area contributed by atoms with Crippen molar-refractivity contribution in [3.05, 3.63) is 50.4 Å². The van der Waals surface area contributed by atoms with Crippen LogP contribution in [-0.2, 0) is 22.6 Å². The third-order valence-electron chi connectivity index (χ3n) is 9.69. The summed E-state index contributed by atoms with van der Waals surface area (Å²) in [6, 6.07) is 1.45. The second-order valence-corrected chi connectivity index (χ2v) is 12.2. The molecule has 208 valence electrons. The second-order valence-electron chi connectivity index (χ2n) is 11.8. The number of phenols is 1. The Morgan fingerprint density at radius 1 is 1.15 bits per heavy atom. The Balaban J connectivity index is 1.45. The summed E-state index contributed by atoms with van der Waals surface area (Å²) in [6.07, 6.45) is 4.78. The van der Waals surface area contributed by atoms with Crippen molar-refractivity contribution in [1.29, 1.82) is 0 Å². The second kappa shape index (κ2) is 8.79. The Bertz CT molecular complexity index is 1380. The van der Waals surface area contributed by atoms with Gasteiger partial charge in [0, 0.05) is 35.1 Å². The number of nitrogens with two attached hydrogens (primary N) is 1. The molecule has 0 spiro atoms. The molecule has 2 aliphatic heterocycles. The quantitative estimate of drug-likeness (QED) is 0.348. The first-order valence-electron chi connectivity index (χ1n) is 13.3. The van der Waals surface area contributed by atoms with E-state index in [4.69, 9.17) is 17.3 Å². The van der Waals surface area contributed by atoms with Gasteiger partial charge in [0.2, 0.25) is 5.78 Å². The van der Waals surface area contributed by atoms with Crippen molar-refractivity contribution in [2.45, 2.75) is 68.8 Å². The van der Waals surface area contributed by atoms with Gasteiger partial charge in [-0.15, -0.1) is 0 Å². The van der Waals surface area contributed by atoms with Gasteiger partial charge in [-0.3, -0.25) is 24.2 Å². The fraction of sp³-hybridized carbons (Fsp3) is 0.536. The van der Waals surface area contributed by atoms with Crippen molar-refractivity contribution in [2.24, 2.45) is 17.6 Å². The average molecular weight is 558 g/mol. The van der Waals surface area contributed by atoms with Gasteiger partial charge in [0.05, 0.1) is 11.6 Å². The molecule has 2 heterocycles. The number of phenolic OH excluding ortho intramolecular Hbond substituents is 1. The number of Topliss-reactive ketones (excluding diaryl/α,β-unsaturated/α-hetero) is 2. The molecule has 4 atom stereocenters. The van der Waals surface area contributed by atoms with Gasteiger partial charge in [0.15, 0.2) is 11.4 Å². The van der Waals surface area contributed by atoms with Crippen molar-refractivity contribution in [3.8, 4) is 5.75 Å². The molecule has 11 heteroatoms. The van der Waals surface area contributed by atoms with E-state index < -0.39 is 58.0 Å². The van der Waals surface area contributed by atoms with Gasteiger partial charge >= 0.3 is 0 Å². The fourth-order valence-corrected chi connectivity index (χ4v) is 8.23. The minimum Gasteiger partial charge on any atom is -0.510 e. The summed E-state index contributed by atoms with van der Waals surface area (Å²) in [6.45, 7) is 0.565. The van der Waals surface area contributed by atoms with Crippen LogP contribution in [-0.4, -0.2) is 85.5 Å². The maximum atomic E-state index is 13.8. The highest BCUT2D eigenvalue weighted by atomic mass is 35.5. The number of halogens is 1. The van der Waals surface area contributed by atoms with Gasteiger partial charge in [-0.2, -0.15) is 0 Å². The zero-order valence-electron chi connectivity index (χ0n) is 21.8. The Kier molecular flexibility index (Phi) is 5.93. The topological polar surface area (TPSA) is 165 Å². The van der Waals surface area contributed by atoms with Crippen LogP contribution in [0.5, 0.6) is 5.75 Å². The highest BCUT2D eigenvalue weighted by Gasteiger charge is 2.63. The lowest BCUT2D eigenvalue weighted by atomic mass is 9.58. The first kappa shape index (κ1) is 26.3. The molecule has 2 fully saturated rings. The normalized spacial score (nSPS) is 34.0. The lowest BCUT2D eigenvalue weighted by Gasteiger charge is -2.50. The van der Waals surface area contributed by atoms with Crippen molar-refractivity contribution >= 4 is 29.1 Å². The Morgan fingerprint density at radius 3 is 2.33 bits per heavy atom. The number of primary amides is 1. The maximum Gasteiger partial charge on any atom is 0.255 e. The molecule has 0 saturated carbocycles. The summed E-state index contributed by atoms with van der Waals surface area (Å²) in [5.41, 5.74) is 2.84. The monoisotopic (exact) mass is 557 g/mol. The van der Waals surface area contributed by atoms with Crippen LogP contribution in [0.2, 0.25) is 5.02 Å². The van der Waals surface area contributed by atoms with Gasteiger partial charge in [0.25, 0.3) is 5.91 Å². The molecule has 2 saturated heterocycles. The van der Waals surface area contributed by atoms with E-state index in [1.807, 2.05) is 0 Å². The van der Waals surface area contributed by atoms with Crippen molar-refractivity contribution < 1.29 is 34.8 Å². The number of fused-ring (bicyclic) bond motifs is 5. The molecule has 5 aliphatic rings. The highest BCUT2D eigenvalue weighted by molar-refractivity contribution is 6.33. The number of aromatic hydroxyl groups is 1. The standard InChI is InChI=1S/C28H32ClN3O7/c1-31(2)22-16-8-11-7-15-19(17(33)9-12(21(15)29)10-32-13-3-4-14(32)6-5-13)23(34)18(11)25(36)28(16,39)26(37)20(24(22)35)27(30)38/h9,11,13-14,16,22,33,35-36,39H,3-8,10H2,1-2H3,(H2,30,38)/t11-,13?,14?,16-,22-,28-/m0/s1. The largest absolute Gasteiger partial charge is 0.510 e. The smallest absolute Gasteiger partial charge is 0.255 e. The summed E-state index contributed by atoms with van der Waals surface area (Å²) in [5.74, 6) is -6.70. The van der Waals surface area contributed by atoms with Gasteiger partial charge in [-0.1, -0.05) is 11.6 Å². The van der Waals surface area contributed by atoms with Gasteiger partial charge in [-0.05, 0) is 75.7 Å². The lowest BCUT2D eigenvalue weighted by Crippen LogP contribution is -2.63. The Labute approximate surface area is 230 Å². The molecule has 6 rings (SSSR count). The van der Waals surface area contributed by atoms with E-state index in [9.17, 15) is 34.8 Å². The highest BCUT2D eigenvalue weighted by Crippen LogP contribution is 2.53. The third-order valence-corrected chi connectivity index (χ3v) is 10.2. The van der Waals surface area contributed by atoms with E-state index in [-0.39, 0.29) is 29.7 Å². The molecule has 10 nitrogen and oxygen atoms in total. The van der Waals surface area contributed by atoms with E-state index in [0.29, 0.717) is 29.2 Å². The molecule has 1 aromatic rings. The molecule has 1 amide bonds. The molecule has 1 aromatic carbocycles. The number of hydrogen-bond donors (Lipinski definition) is 5. The molecule has 6 N–H and O–H groups in total. The summed E-state index contributed by atoms with van der Waals surface area (Å²) >= 11 is 6.89. The number of ketones is 2. The first-order chi connectivity index (χ1) is 18.4. The number of aliphatic hydroxyl groups is 3. The predicted octanol–water partition coefficient (Wildman–Crippen LogP) is 1.90. The predicted molar refractivity (Wildman–Crippen MR) is 140 cm³/mol. The first-order valence-corrected chi connectivity index (χ1v) is 13.7. The summed E-state index contributed by atoms with van der Waals surface area (Å²) in [7, 11) is 3.19. The van der Waals surface area contributed by atoms with Crippen molar-refractivity contribution in [2.75, 3.05) is 14.1 Å². The Hall–Kier alpha value is -2.92. The van der Waals surface area contributed by atoms with Crippen LogP contribution >= 0.6 is 11.6 Å². The molecule has 0 radical (unpaired) electrons. The summed E-state index contributed by atoms with van der Waals surface area (Å²) < 4.78 is 0. The fourth-order valence-electron chi connectivity index (χ4n) is 7.94. The number of carbonyl (C=O) groups is 3. The van der Waals surface area contributed by atoms with E-state index in [0.717, 1.165) is 31.2 Å². The van der Waals surface area contributed by atoms with Crippen LogP contribution < -0.4 is 5.73 Å². The number of aliphatic hydroxyl groups excluding tert-OH is 2. The number of amides is 1. The SMILES string of the molecule is CN(C)[C@@H]1C(O)=C(C(N)=O)C(=O)[C@@]2(O)C(O)=C3C(=O)c4c(O)cc(CN5C6CCC5CC6)c(Cl)c4C[C@H]3C[C@@H]12. The molecule has 0 aromatic heterocycles. The number of hydrogen-bond acceptors (Lipinski definition) is 9. The van der Waals surface area contributed by atoms with Gasteiger partial charge in [-0.25, -0.2) is 0 Å². The van der Waals surface area contributed by atoms with Crippen LogP contribution in [0.4, 0.5) is 0 Å². The molecule has 3 aliphatic carbocycles. The van der Waals surface area contributed by atoms with E-state index in [2.05, 4.69) is 4.90 Å². The minimum absolute atomic E-state index is 0.0311. The van der Waals surface area contributed by atoms with Crippen LogP contribution in [0.1, 0.15) is 53.6 Å². The van der Waals surface area contributed by atoms with Crippen LogP contribution in [0, 0.1) is 11.8 Å². The number of allylic oxidation sites excluding steroid dienone is 1. The maximum absolute atomic E-state index is 13.8. The Morgan fingerprint density at radius 2 is 1.77 bits per heavy atom. The zero-order chi connectivity index (χ0) is 28.1. The molecule has 0 unspecified atom stereocenters. The van der Waals surface area contributed by atoms with E-state index >= 15 is 0 Å². The van der Waals surface area contributed by atoms with Gasteiger partial charge < -0.3 is 26.2 Å². The summed E-state index contributed by atoms with van der Waals surface area (Å²) in [4.78, 5) is 43.2. The van der Waals surface area contributed by atoms with Crippen LogP contribution in [0.25, 0.3) is 0 Å². The van der Waals surface area contributed by atoms with Crippen LogP contribution in [0.3, 0.4) is 0 Å². The lowest BCUT2D eigenvalue weighted by molar-refractivity contribution is -0.148. The van der Waals surface area contributed by atoms with Gasteiger partial charge in [0.1, 0.15) is 22.8 Å². The third kappa shape index (κ3) is 3.48. The number of nitrogens with zero attached hydrogens (tertiary/aromatic N) is 2. The number of carbonyl (C=O) groups excluding carboxylic acids is 3. The van der Waals surface area contributed by atoms with Crippen molar-refractivity contribution in [3.63, 3.8) is 0 Å². The van der Waals surface area contributed by atoms with E-state index in [1.165, 1.54) is 11.0 Å². The number of benzene rings is 1. The average Bonchev–Trinajstić information content (AvgIpc) is 3.43. The molecular weight excluding hydrogens is 526 g/mol. The number of likely N-dealkylation sites (N-methyl/N-ethyl adjacent to an activating group) is 1. The van der Waals surface area contributed by atoms with Crippen LogP contribution in [0.15, 0.2) is 28.7 Å². The van der Waals surface area contributed by atoms with E-state index in [1.54, 1.807) is 14.1 Å². The summed E-state index contributed by atoms with van der Waals surface area (Å²) in [5, 5.41) is 45.3. The molecular formula is C28H32ClN3O7.